The predicted molar refractivity (Wildman–Crippen MR) is 62.9 cm³/mol. The molecule has 2 heterocycles. The van der Waals surface area contributed by atoms with Gasteiger partial charge in [-0.2, -0.15) is 0 Å². The molecule has 16 heavy (non-hydrogen) atoms. The molecular formula is C12H13ClN2O. The van der Waals surface area contributed by atoms with E-state index < -0.39 is 0 Å². The predicted octanol–water partition coefficient (Wildman–Crippen LogP) is 1.39. The smallest absolute Gasteiger partial charge is 0.253 e. The molecule has 1 saturated heterocycles. The number of benzene rings is 1. The lowest BCUT2D eigenvalue weighted by molar-refractivity contribution is 0.0952. The van der Waals surface area contributed by atoms with E-state index in [1.807, 2.05) is 12.1 Å². The van der Waals surface area contributed by atoms with Gasteiger partial charge in [-0.1, -0.05) is 23.7 Å². The Labute approximate surface area is 99.2 Å². The third kappa shape index (κ3) is 1.43. The van der Waals surface area contributed by atoms with Gasteiger partial charge in [0.05, 0.1) is 10.6 Å². The van der Waals surface area contributed by atoms with Crippen LogP contribution >= 0.6 is 11.6 Å². The van der Waals surface area contributed by atoms with Crippen LogP contribution in [0.1, 0.15) is 21.8 Å². The third-order valence-corrected chi connectivity index (χ3v) is 3.85. The van der Waals surface area contributed by atoms with E-state index in [-0.39, 0.29) is 5.91 Å². The van der Waals surface area contributed by atoms with Crippen molar-refractivity contribution >= 4 is 17.5 Å². The SMILES string of the molecule is O=C1NC[C@@H]2CNC[C@H]2c2cccc(Cl)c21. The minimum absolute atomic E-state index is 0.0324. The topological polar surface area (TPSA) is 41.1 Å². The van der Waals surface area contributed by atoms with Gasteiger partial charge in [-0.25, -0.2) is 0 Å². The molecular weight excluding hydrogens is 224 g/mol. The third-order valence-electron chi connectivity index (χ3n) is 3.54. The summed E-state index contributed by atoms with van der Waals surface area (Å²) in [5, 5.41) is 6.88. The monoisotopic (exact) mass is 236 g/mol. The Morgan fingerprint density at radius 3 is 3.00 bits per heavy atom. The maximum atomic E-state index is 11.9. The lowest BCUT2D eigenvalue weighted by Crippen LogP contribution is -2.28. The Morgan fingerprint density at radius 1 is 1.25 bits per heavy atom. The van der Waals surface area contributed by atoms with Crippen LogP contribution in [0.5, 0.6) is 0 Å². The Kier molecular flexibility index (Phi) is 2.37. The van der Waals surface area contributed by atoms with Crippen molar-refractivity contribution in [3.8, 4) is 0 Å². The fourth-order valence-electron chi connectivity index (χ4n) is 2.71. The fraction of sp³-hybridized carbons (Fsp3) is 0.417. The van der Waals surface area contributed by atoms with Gasteiger partial charge in [0.25, 0.3) is 5.91 Å². The number of nitrogens with one attached hydrogen (secondary N) is 2. The first-order valence-electron chi connectivity index (χ1n) is 5.54. The van der Waals surface area contributed by atoms with Gasteiger partial charge in [-0.05, 0) is 17.5 Å². The minimum atomic E-state index is -0.0324. The molecule has 0 spiro atoms. The van der Waals surface area contributed by atoms with Crippen LogP contribution in [0.25, 0.3) is 0 Å². The van der Waals surface area contributed by atoms with Gasteiger partial charge in [0.2, 0.25) is 0 Å². The average molecular weight is 237 g/mol. The molecule has 0 saturated carbocycles. The zero-order valence-corrected chi connectivity index (χ0v) is 9.55. The van der Waals surface area contributed by atoms with E-state index in [9.17, 15) is 4.79 Å². The van der Waals surface area contributed by atoms with E-state index in [0.717, 1.165) is 25.2 Å². The Morgan fingerprint density at radius 2 is 2.12 bits per heavy atom. The molecule has 4 heteroatoms. The molecule has 84 valence electrons. The summed E-state index contributed by atoms with van der Waals surface area (Å²) < 4.78 is 0. The fourth-order valence-corrected chi connectivity index (χ4v) is 2.98. The molecule has 2 N–H and O–H groups in total. The molecule has 3 nitrogen and oxygen atoms in total. The summed E-state index contributed by atoms with van der Waals surface area (Å²) >= 11 is 6.12. The second-order valence-electron chi connectivity index (χ2n) is 4.44. The summed E-state index contributed by atoms with van der Waals surface area (Å²) in [6.07, 6.45) is 0. The Hall–Kier alpha value is -1.06. The molecule has 1 aromatic rings. The van der Waals surface area contributed by atoms with Crippen LogP contribution in [0, 0.1) is 5.92 Å². The summed E-state index contributed by atoms with van der Waals surface area (Å²) in [4.78, 5) is 11.9. The quantitative estimate of drug-likeness (QED) is 0.715. The number of fused-ring (bicyclic) bond motifs is 3. The molecule has 0 radical (unpaired) electrons. The minimum Gasteiger partial charge on any atom is -0.352 e. The van der Waals surface area contributed by atoms with Crippen molar-refractivity contribution in [3.63, 3.8) is 0 Å². The number of rotatable bonds is 0. The zero-order chi connectivity index (χ0) is 11.1. The number of hydrogen-bond donors (Lipinski definition) is 2. The van der Waals surface area contributed by atoms with Gasteiger partial charge < -0.3 is 10.6 Å². The number of amides is 1. The summed E-state index contributed by atoms with van der Waals surface area (Å²) in [5.41, 5.74) is 1.76. The molecule has 2 aliphatic rings. The number of carbonyl (C=O) groups is 1. The first-order valence-corrected chi connectivity index (χ1v) is 5.92. The van der Waals surface area contributed by atoms with Crippen molar-refractivity contribution in [2.45, 2.75) is 5.92 Å². The summed E-state index contributed by atoms with van der Waals surface area (Å²) in [6.45, 7) is 2.64. The highest BCUT2D eigenvalue weighted by Gasteiger charge is 2.34. The van der Waals surface area contributed by atoms with Crippen molar-refractivity contribution in [1.82, 2.24) is 10.6 Å². The summed E-state index contributed by atoms with van der Waals surface area (Å²) in [7, 11) is 0. The van der Waals surface area contributed by atoms with Crippen LogP contribution in [0.2, 0.25) is 5.02 Å². The van der Waals surface area contributed by atoms with Crippen LogP contribution in [-0.2, 0) is 0 Å². The molecule has 0 aliphatic carbocycles. The van der Waals surface area contributed by atoms with Crippen molar-refractivity contribution in [3.05, 3.63) is 34.3 Å². The Balaban J connectivity index is 2.16. The number of halogens is 1. The van der Waals surface area contributed by atoms with Gasteiger partial charge in [0.15, 0.2) is 0 Å². The normalized spacial score (nSPS) is 27.9. The van der Waals surface area contributed by atoms with Crippen LogP contribution in [0.4, 0.5) is 0 Å². The highest BCUT2D eigenvalue weighted by molar-refractivity contribution is 6.34. The molecule has 3 rings (SSSR count). The van der Waals surface area contributed by atoms with Crippen molar-refractivity contribution in [1.29, 1.82) is 0 Å². The Bertz CT molecular complexity index is 447. The second-order valence-corrected chi connectivity index (χ2v) is 4.85. The second kappa shape index (κ2) is 3.75. The number of carbonyl (C=O) groups excluding carboxylic acids is 1. The molecule has 0 unspecified atom stereocenters. The van der Waals surface area contributed by atoms with Gasteiger partial charge in [0.1, 0.15) is 0 Å². The molecule has 1 fully saturated rings. The molecule has 1 aromatic carbocycles. The van der Waals surface area contributed by atoms with Gasteiger partial charge in [-0.3, -0.25) is 4.79 Å². The van der Waals surface area contributed by atoms with Crippen LogP contribution in [-0.4, -0.2) is 25.5 Å². The van der Waals surface area contributed by atoms with Crippen molar-refractivity contribution in [2.24, 2.45) is 5.92 Å². The molecule has 2 atom stereocenters. The molecule has 0 bridgehead atoms. The van der Waals surface area contributed by atoms with Gasteiger partial charge >= 0.3 is 0 Å². The van der Waals surface area contributed by atoms with Gasteiger partial charge in [0, 0.05) is 25.6 Å². The molecule has 2 aliphatic heterocycles. The summed E-state index contributed by atoms with van der Waals surface area (Å²) in [5.74, 6) is 0.867. The standard InChI is InChI=1S/C12H13ClN2O/c13-10-3-1-2-8-9-6-14-4-7(9)5-15-12(16)11(8)10/h1-3,7,9,14H,4-6H2,(H,15,16)/t7-,9+/m0/s1. The maximum Gasteiger partial charge on any atom is 0.253 e. The lowest BCUT2D eigenvalue weighted by Gasteiger charge is -2.16. The largest absolute Gasteiger partial charge is 0.352 e. The van der Waals surface area contributed by atoms with Crippen LogP contribution < -0.4 is 10.6 Å². The summed E-state index contributed by atoms with van der Waals surface area (Å²) in [6, 6.07) is 5.73. The van der Waals surface area contributed by atoms with Gasteiger partial charge in [-0.15, -0.1) is 0 Å². The van der Waals surface area contributed by atoms with E-state index in [2.05, 4.69) is 10.6 Å². The maximum absolute atomic E-state index is 11.9. The lowest BCUT2D eigenvalue weighted by atomic mass is 9.87. The van der Waals surface area contributed by atoms with E-state index in [0.29, 0.717) is 22.4 Å². The van der Waals surface area contributed by atoms with Crippen LogP contribution in [0.15, 0.2) is 18.2 Å². The highest BCUT2D eigenvalue weighted by Crippen LogP contribution is 2.35. The van der Waals surface area contributed by atoms with Crippen molar-refractivity contribution < 1.29 is 4.79 Å². The molecule has 1 amide bonds. The van der Waals surface area contributed by atoms with E-state index in [4.69, 9.17) is 11.6 Å². The van der Waals surface area contributed by atoms with Crippen LogP contribution in [0.3, 0.4) is 0 Å². The molecule has 0 aromatic heterocycles. The average Bonchev–Trinajstić information content (AvgIpc) is 2.69. The van der Waals surface area contributed by atoms with E-state index in [1.165, 1.54) is 0 Å². The van der Waals surface area contributed by atoms with E-state index in [1.54, 1.807) is 6.07 Å². The zero-order valence-electron chi connectivity index (χ0n) is 8.79. The first-order chi connectivity index (χ1) is 7.77. The first kappa shape index (κ1) is 10.1. The van der Waals surface area contributed by atoms with E-state index >= 15 is 0 Å². The highest BCUT2D eigenvalue weighted by atomic mass is 35.5. The number of hydrogen-bond acceptors (Lipinski definition) is 2. The van der Waals surface area contributed by atoms with Crippen molar-refractivity contribution in [2.75, 3.05) is 19.6 Å².